The van der Waals surface area contributed by atoms with Crippen molar-refractivity contribution in [3.05, 3.63) is 12.0 Å². The summed E-state index contributed by atoms with van der Waals surface area (Å²) in [5.41, 5.74) is 5.04. The van der Waals surface area contributed by atoms with Gasteiger partial charge in [0.05, 0.1) is 0 Å². The minimum atomic E-state index is -3.89. The van der Waals surface area contributed by atoms with Crippen LogP contribution in [-0.2, 0) is 20.4 Å². The lowest BCUT2D eigenvalue weighted by Gasteiger charge is -2.06. The molecule has 8 heteroatoms. The number of nitrogens with two attached hydrogens (primary N) is 1. The first-order valence-corrected chi connectivity index (χ1v) is 6.82. The molecule has 0 aliphatic heterocycles. The predicted octanol–water partition coefficient (Wildman–Crippen LogP) is 0.419. The fourth-order valence-electron chi connectivity index (χ4n) is 1.28. The van der Waals surface area contributed by atoms with Crippen molar-refractivity contribution in [3.8, 4) is 0 Å². The fourth-order valence-corrected chi connectivity index (χ4v) is 1.96. The Kier molecular flexibility index (Phi) is 3.59. The van der Waals surface area contributed by atoms with Crippen molar-refractivity contribution in [2.75, 3.05) is 0 Å². The fraction of sp³-hybridized carbons (Fsp3) is 0.500. The Balaban J connectivity index is 3.26. The number of hydrogen-bond donors (Lipinski definition) is 1. The summed E-state index contributed by atoms with van der Waals surface area (Å²) in [6.45, 7) is 3.53. The maximum Gasteiger partial charge on any atom is 0.280 e. The number of hydrogen-bond acceptors (Lipinski definition) is 4. The van der Waals surface area contributed by atoms with E-state index in [0.29, 0.717) is 5.82 Å². The molecule has 0 atom stereocenters. The molecule has 16 heavy (non-hydrogen) atoms. The number of nitrogens with zero attached hydrogens (tertiary/aromatic N) is 2. The highest BCUT2D eigenvalue weighted by atomic mass is 35.7. The molecule has 0 saturated heterocycles. The van der Waals surface area contributed by atoms with Gasteiger partial charge in [0, 0.05) is 22.8 Å². The Hall–Kier alpha value is -1.08. The number of primary amides is 1. The molecule has 90 valence electrons. The van der Waals surface area contributed by atoms with Gasteiger partial charge in [0.15, 0.2) is 5.03 Å². The van der Waals surface area contributed by atoms with Crippen LogP contribution in [0.15, 0.2) is 11.2 Å². The van der Waals surface area contributed by atoms with Crippen LogP contribution in [0.4, 0.5) is 0 Å². The highest BCUT2D eigenvalue weighted by Gasteiger charge is 2.19. The van der Waals surface area contributed by atoms with Crippen molar-refractivity contribution in [1.82, 2.24) is 9.55 Å². The highest BCUT2D eigenvalue weighted by Crippen LogP contribution is 2.19. The molecule has 0 spiro atoms. The van der Waals surface area contributed by atoms with Gasteiger partial charge in [0.2, 0.25) is 5.91 Å². The minimum Gasteiger partial charge on any atom is -0.368 e. The molecule has 0 radical (unpaired) electrons. The van der Waals surface area contributed by atoms with E-state index in [-0.39, 0.29) is 17.5 Å². The number of halogens is 1. The van der Waals surface area contributed by atoms with Gasteiger partial charge in [-0.15, -0.1) is 0 Å². The van der Waals surface area contributed by atoms with Gasteiger partial charge < -0.3 is 10.3 Å². The first-order valence-electron chi connectivity index (χ1n) is 4.52. The van der Waals surface area contributed by atoms with Gasteiger partial charge in [-0.25, -0.2) is 13.4 Å². The zero-order valence-electron chi connectivity index (χ0n) is 8.84. The van der Waals surface area contributed by atoms with Crippen molar-refractivity contribution in [1.29, 1.82) is 0 Å². The Morgan fingerprint density at radius 3 is 2.56 bits per heavy atom. The Morgan fingerprint density at radius 2 is 2.19 bits per heavy atom. The average molecular weight is 266 g/mol. The van der Waals surface area contributed by atoms with Gasteiger partial charge >= 0.3 is 0 Å². The van der Waals surface area contributed by atoms with E-state index in [1.807, 2.05) is 13.8 Å². The molecule has 1 rings (SSSR count). The van der Waals surface area contributed by atoms with Crippen LogP contribution in [0.2, 0.25) is 0 Å². The van der Waals surface area contributed by atoms with E-state index < -0.39 is 15.0 Å². The smallest absolute Gasteiger partial charge is 0.280 e. The zero-order chi connectivity index (χ0) is 12.5. The predicted molar refractivity (Wildman–Crippen MR) is 58.5 cm³/mol. The summed E-state index contributed by atoms with van der Waals surface area (Å²) < 4.78 is 23.6. The molecule has 0 aromatic carbocycles. The van der Waals surface area contributed by atoms with Crippen molar-refractivity contribution in [2.45, 2.75) is 31.3 Å². The molecule has 1 aromatic rings. The molecule has 0 aliphatic rings. The Bertz CT molecular complexity index is 507. The summed E-state index contributed by atoms with van der Waals surface area (Å²) in [4.78, 5) is 14.7. The summed E-state index contributed by atoms with van der Waals surface area (Å²) >= 11 is 0. The second-order valence-electron chi connectivity index (χ2n) is 3.62. The largest absolute Gasteiger partial charge is 0.368 e. The van der Waals surface area contributed by atoms with Crippen molar-refractivity contribution >= 4 is 25.6 Å². The molecule has 1 heterocycles. The van der Waals surface area contributed by atoms with Gasteiger partial charge in [-0.1, -0.05) is 13.8 Å². The molecule has 0 unspecified atom stereocenters. The molecule has 1 aromatic heterocycles. The molecule has 6 nitrogen and oxygen atoms in total. The summed E-state index contributed by atoms with van der Waals surface area (Å²) in [6, 6.07) is 0. The van der Waals surface area contributed by atoms with Gasteiger partial charge in [-0.05, 0) is 0 Å². The molecule has 0 saturated carbocycles. The summed E-state index contributed by atoms with van der Waals surface area (Å²) in [5.74, 6) is -0.151. The lowest BCUT2D eigenvalue weighted by Crippen LogP contribution is -2.20. The van der Waals surface area contributed by atoms with Crippen LogP contribution in [0.1, 0.15) is 25.6 Å². The quantitative estimate of drug-likeness (QED) is 0.798. The van der Waals surface area contributed by atoms with Crippen LogP contribution < -0.4 is 5.73 Å². The van der Waals surface area contributed by atoms with Crippen LogP contribution in [0.3, 0.4) is 0 Å². The lowest BCUT2D eigenvalue weighted by atomic mass is 10.2. The summed E-state index contributed by atoms with van der Waals surface area (Å²) in [6.07, 6.45) is 1.21. The Morgan fingerprint density at radius 1 is 1.62 bits per heavy atom. The number of aromatic nitrogens is 2. The Labute approximate surface area is 97.8 Å². The number of carbonyl (C=O) groups is 1. The second kappa shape index (κ2) is 4.42. The van der Waals surface area contributed by atoms with E-state index in [1.54, 1.807) is 0 Å². The van der Waals surface area contributed by atoms with Crippen LogP contribution in [-0.4, -0.2) is 23.9 Å². The molecular weight excluding hydrogens is 254 g/mol. The molecule has 1 amide bonds. The van der Waals surface area contributed by atoms with Crippen molar-refractivity contribution in [3.63, 3.8) is 0 Å². The lowest BCUT2D eigenvalue weighted by molar-refractivity contribution is -0.118. The van der Waals surface area contributed by atoms with E-state index in [9.17, 15) is 13.2 Å². The van der Waals surface area contributed by atoms with Gasteiger partial charge in [-0.3, -0.25) is 4.79 Å². The summed E-state index contributed by atoms with van der Waals surface area (Å²) in [7, 11) is 1.28. The van der Waals surface area contributed by atoms with E-state index in [2.05, 4.69) is 4.98 Å². The van der Waals surface area contributed by atoms with Crippen LogP contribution in [0.25, 0.3) is 0 Å². The number of rotatable bonds is 4. The van der Waals surface area contributed by atoms with E-state index >= 15 is 0 Å². The third-order valence-electron chi connectivity index (χ3n) is 1.88. The van der Waals surface area contributed by atoms with Crippen molar-refractivity contribution < 1.29 is 13.2 Å². The first kappa shape index (κ1) is 13.0. The molecule has 0 fully saturated rings. The van der Waals surface area contributed by atoms with Gasteiger partial charge in [0.25, 0.3) is 9.05 Å². The third-order valence-corrected chi connectivity index (χ3v) is 3.05. The molecule has 2 N–H and O–H groups in total. The van der Waals surface area contributed by atoms with Gasteiger partial charge in [-0.2, -0.15) is 0 Å². The molecule has 0 bridgehead atoms. The first-order chi connectivity index (χ1) is 7.21. The SMILES string of the molecule is CC(C)c1nc(S(=O)(=O)Cl)cn1CC(N)=O. The second-order valence-corrected chi connectivity index (χ2v) is 6.14. The maximum absolute atomic E-state index is 11.1. The zero-order valence-corrected chi connectivity index (χ0v) is 10.4. The van der Waals surface area contributed by atoms with E-state index in [4.69, 9.17) is 16.4 Å². The maximum atomic E-state index is 11.1. The van der Waals surface area contributed by atoms with Crippen LogP contribution >= 0.6 is 10.7 Å². The van der Waals surface area contributed by atoms with Crippen LogP contribution in [0.5, 0.6) is 0 Å². The average Bonchev–Trinajstić information content (AvgIpc) is 2.45. The number of carbonyl (C=O) groups excluding carboxylic acids is 1. The standard InChI is InChI=1S/C8H12ClN3O3S/c1-5(2)8-11-7(16(9,14)15)4-12(8)3-6(10)13/h4-5H,3H2,1-2H3,(H2,10,13). The van der Waals surface area contributed by atoms with E-state index in [0.717, 1.165) is 0 Å². The monoisotopic (exact) mass is 265 g/mol. The minimum absolute atomic E-state index is 0.0356. The topological polar surface area (TPSA) is 95.1 Å². The molecular formula is C8H12ClN3O3S. The summed E-state index contributed by atoms with van der Waals surface area (Å²) in [5, 5.41) is -0.265. The third kappa shape index (κ3) is 2.96. The number of imidazole rings is 1. The van der Waals surface area contributed by atoms with Crippen molar-refractivity contribution in [2.24, 2.45) is 5.73 Å². The van der Waals surface area contributed by atoms with Crippen LogP contribution in [0, 0.1) is 0 Å². The molecule has 0 aliphatic carbocycles. The van der Waals surface area contributed by atoms with Gasteiger partial charge in [0.1, 0.15) is 12.4 Å². The normalized spacial score (nSPS) is 12.0. The number of amides is 1. The van der Waals surface area contributed by atoms with E-state index in [1.165, 1.54) is 10.8 Å². The highest BCUT2D eigenvalue weighted by molar-refractivity contribution is 8.13.